The first-order chi connectivity index (χ1) is 14.9. The number of halogens is 1. The third-order valence-corrected chi connectivity index (χ3v) is 5.57. The maximum absolute atomic E-state index is 14.1. The van der Waals surface area contributed by atoms with Crippen molar-refractivity contribution in [2.24, 2.45) is 0 Å². The van der Waals surface area contributed by atoms with Crippen LogP contribution in [0.4, 0.5) is 10.1 Å². The fourth-order valence-corrected chi connectivity index (χ4v) is 3.72. The van der Waals surface area contributed by atoms with Crippen LogP contribution in [0.15, 0.2) is 35.1 Å². The fraction of sp³-hybridized carbons (Fsp3) is 0.500. The number of carbonyl (C=O) groups excluding carboxylic acids is 1. The van der Waals surface area contributed by atoms with Gasteiger partial charge in [-0.05, 0) is 37.7 Å². The van der Waals surface area contributed by atoms with Crippen molar-refractivity contribution in [2.75, 3.05) is 51.3 Å². The van der Waals surface area contributed by atoms with Gasteiger partial charge in [0.05, 0.1) is 19.2 Å². The summed E-state index contributed by atoms with van der Waals surface area (Å²) in [7, 11) is 1.53. The van der Waals surface area contributed by atoms with Gasteiger partial charge in [0.1, 0.15) is 11.5 Å². The number of likely N-dealkylation sites (N-methyl/N-ethyl adjacent to an activating group) is 1. The number of methoxy groups -OCH3 is 1. The van der Waals surface area contributed by atoms with Crippen LogP contribution >= 0.6 is 0 Å². The van der Waals surface area contributed by atoms with Crippen molar-refractivity contribution in [1.82, 2.24) is 20.0 Å². The summed E-state index contributed by atoms with van der Waals surface area (Å²) in [6, 6.07) is 6.96. The van der Waals surface area contributed by atoms with Crippen molar-refractivity contribution < 1.29 is 13.9 Å². The van der Waals surface area contributed by atoms with Gasteiger partial charge in [-0.3, -0.25) is 9.59 Å². The van der Waals surface area contributed by atoms with E-state index in [0.29, 0.717) is 12.2 Å². The zero-order chi connectivity index (χ0) is 22.4. The summed E-state index contributed by atoms with van der Waals surface area (Å²) in [4.78, 5) is 29.3. The average molecular weight is 432 g/mol. The molecule has 0 bridgehead atoms. The van der Waals surface area contributed by atoms with Gasteiger partial charge < -0.3 is 19.9 Å². The quantitative estimate of drug-likeness (QED) is 0.685. The number of hydrogen-bond acceptors (Lipinski definition) is 6. The van der Waals surface area contributed by atoms with Crippen molar-refractivity contribution in [2.45, 2.75) is 26.4 Å². The lowest BCUT2D eigenvalue weighted by molar-refractivity contribution is 0.0931. The van der Waals surface area contributed by atoms with Gasteiger partial charge in [0.2, 0.25) is 0 Å². The van der Waals surface area contributed by atoms with Crippen LogP contribution in [0.5, 0.6) is 0 Å². The number of ether oxygens (including phenoxy) is 1. The SMILES string of the molecule is CCN1CCN(c2ccc(F)cc2C(C)NC(=O)c2ccc(=O)n(CCOC)n2)CC1. The van der Waals surface area contributed by atoms with E-state index in [0.717, 1.165) is 38.4 Å². The van der Waals surface area contributed by atoms with Crippen molar-refractivity contribution in [3.8, 4) is 0 Å². The standard InChI is InChI=1S/C22H30FN5O3/c1-4-26-9-11-27(12-10-26)20-7-5-17(23)15-18(20)16(2)24-22(30)19-6-8-21(29)28(25-19)13-14-31-3/h5-8,15-16H,4,9-14H2,1-3H3,(H,24,30). The highest BCUT2D eigenvalue weighted by Crippen LogP contribution is 2.28. The molecule has 1 unspecified atom stereocenters. The fourth-order valence-electron chi connectivity index (χ4n) is 3.72. The van der Waals surface area contributed by atoms with Crippen LogP contribution in [0.25, 0.3) is 0 Å². The molecule has 0 saturated carbocycles. The minimum absolute atomic E-state index is 0.122. The Balaban J connectivity index is 1.77. The number of amides is 1. The molecule has 168 valence electrons. The van der Waals surface area contributed by atoms with Crippen molar-refractivity contribution in [1.29, 1.82) is 0 Å². The van der Waals surface area contributed by atoms with E-state index in [1.165, 1.54) is 36.1 Å². The Kier molecular flexibility index (Phi) is 7.75. The highest BCUT2D eigenvalue weighted by Gasteiger charge is 2.22. The molecule has 0 aliphatic carbocycles. The molecule has 3 rings (SSSR count). The lowest BCUT2D eigenvalue weighted by atomic mass is 10.0. The van der Waals surface area contributed by atoms with Crippen LogP contribution in [0.2, 0.25) is 0 Å². The van der Waals surface area contributed by atoms with E-state index in [1.54, 1.807) is 6.07 Å². The molecule has 31 heavy (non-hydrogen) atoms. The highest BCUT2D eigenvalue weighted by atomic mass is 19.1. The summed E-state index contributed by atoms with van der Waals surface area (Å²) in [6.07, 6.45) is 0. The maximum Gasteiger partial charge on any atom is 0.272 e. The molecule has 0 spiro atoms. The molecule has 1 aliphatic rings. The molecule has 8 nitrogen and oxygen atoms in total. The molecule has 1 saturated heterocycles. The Bertz CT molecular complexity index is 956. The first-order valence-electron chi connectivity index (χ1n) is 10.6. The van der Waals surface area contributed by atoms with Gasteiger partial charge >= 0.3 is 0 Å². The van der Waals surface area contributed by atoms with Gasteiger partial charge in [0.15, 0.2) is 0 Å². The second-order valence-electron chi connectivity index (χ2n) is 7.59. The molecule has 2 aromatic rings. The monoisotopic (exact) mass is 431 g/mol. The van der Waals surface area contributed by atoms with Gasteiger partial charge in [-0.15, -0.1) is 0 Å². The van der Waals surface area contributed by atoms with Gasteiger partial charge in [-0.25, -0.2) is 9.07 Å². The largest absolute Gasteiger partial charge is 0.383 e. The molecule has 1 amide bonds. The normalized spacial score (nSPS) is 15.7. The van der Waals surface area contributed by atoms with Gasteiger partial charge in [0.25, 0.3) is 11.5 Å². The van der Waals surface area contributed by atoms with E-state index < -0.39 is 11.9 Å². The van der Waals surface area contributed by atoms with Gasteiger partial charge in [-0.1, -0.05) is 6.92 Å². The van der Waals surface area contributed by atoms with Crippen LogP contribution in [0.1, 0.15) is 35.9 Å². The summed E-state index contributed by atoms with van der Waals surface area (Å²) >= 11 is 0. The molecule has 1 atom stereocenters. The minimum atomic E-state index is -0.441. The van der Waals surface area contributed by atoms with Gasteiger partial charge in [-0.2, -0.15) is 5.10 Å². The number of piperazine rings is 1. The van der Waals surface area contributed by atoms with E-state index in [2.05, 4.69) is 27.1 Å². The number of carbonyl (C=O) groups is 1. The first-order valence-corrected chi connectivity index (χ1v) is 10.6. The molecular formula is C22H30FN5O3. The topological polar surface area (TPSA) is 79.7 Å². The Labute approximate surface area is 181 Å². The average Bonchev–Trinajstić information content (AvgIpc) is 2.78. The Morgan fingerprint density at radius 3 is 2.65 bits per heavy atom. The molecule has 9 heteroatoms. The van der Waals surface area contributed by atoms with E-state index in [-0.39, 0.29) is 23.6 Å². The molecule has 1 aliphatic heterocycles. The molecule has 1 aromatic carbocycles. The summed E-state index contributed by atoms with van der Waals surface area (Å²) in [5, 5.41) is 7.02. The maximum atomic E-state index is 14.1. The lowest BCUT2D eigenvalue weighted by Gasteiger charge is -2.37. The molecular weight excluding hydrogens is 401 g/mol. The Morgan fingerprint density at radius 1 is 1.23 bits per heavy atom. The number of nitrogens with zero attached hydrogens (tertiary/aromatic N) is 4. The highest BCUT2D eigenvalue weighted by molar-refractivity contribution is 5.92. The summed E-state index contributed by atoms with van der Waals surface area (Å²) < 4.78 is 20.2. The van der Waals surface area contributed by atoms with Crippen molar-refractivity contribution in [3.63, 3.8) is 0 Å². The number of aromatic nitrogens is 2. The van der Waals surface area contributed by atoms with Crippen LogP contribution in [0, 0.1) is 5.82 Å². The van der Waals surface area contributed by atoms with Crippen LogP contribution in [-0.4, -0.2) is 67.0 Å². The number of benzene rings is 1. The molecule has 1 fully saturated rings. The van der Waals surface area contributed by atoms with E-state index in [9.17, 15) is 14.0 Å². The van der Waals surface area contributed by atoms with E-state index >= 15 is 0 Å². The number of nitrogens with one attached hydrogen (secondary N) is 1. The van der Waals surface area contributed by atoms with Gasteiger partial charge in [0, 0.05) is 50.6 Å². The smallest absolute Gasteiger partial charge is 0.272 e. The van der Waals surface area contributed by atoms with Crippen molar-refractivity contribution in [3.05, 3.63) is 57.8 Å². The molecule has 0 radical (unpaired) electrons. The number of hydrogen-bond donors (Lipinski definition) is 1. The number of anilines is 1. The van der Waals surface area contributed by atoms with Crippen LogP contribution in [0.3, 0.4) is 0 Å². The summed E-state index contributed by atoms with van der Waals surface area (Å²) in [5.74, 6) is -0.775. The van der Waals surface area contributed by atoms with Crippen LogP contribution < -0.4 is 15.8 Å². The predicted molar refractivity (Wildman–Crippen MR) is 117 cm³/mol. The van der Waals surface area contributed by atoms with Crippen LogP contribution in [-0.2, 0) is 11.3 Å². The summed E-state index contributed by atoms with van der Waals surface area (Å²) in [5.41, 5.74) is 1.45. The second-order valence-corrected chi connectivity index (χ2v) is 7.59. The zero-order valence-corrected chi connectivity index (χ0v) is 18.3. The summed E-state index contributed by atoms with van der Waals surface area (Å²) in [6.45, 7) is 9.12. The molecule has 1 aromatic heterocycles. The third-order valence-electron chi connectivity index (χ3n) is 5.57. The predicted octanol–water partition coefficient (Wildman–Crippen LogP) is 1.66. The second kappa shape index (κ2) is 10.5. The minimum Gasteiger partial charge on any atom is -0.383 e. The molecule has 1 N–H and O–H groups in total. The Hall–Kier alpha value is -2.78. The number of rotatable bonds is 8. The Morgan fingerprint density at radius 2 is 1.97 bits per heavy atom. The zero-order valence-electron chi connectivity index (χ0n) is 18.3. The lowest BCUT2D eigenvalue weighted by Crippen LogP contribution is -2.46. The molecule has 2 heterocycles. The van der Waals surface area contributed by atoms with Crippen molar-refractivity contribution >= 4 is 11.6 Å². The van der Waals surface area contributed by atoms with E-state index in [1.807, 2.05) is 6.92 Å². The third kappa shape index (κ3) is 5.68. The van der Waals surface area contributed by atoms with E-state index in [4.69, 9.17) is 4.74 Å². The first kappa shape index (κ1) is 22.9.